The van der Waals surface area contributed by atoms with Crippen molar-refractivity contribution in [3.63, 3.8) is 0 Å². The molecule has 48 heavy (non-hydrogen) atoms. The molecule has 8 heteroatoms. The molecule has 6 nitrogen and oxygen atoms in total. The van der Waals surface area contributed by atoms with Crippen LogP contribution in [0.1, 0.15) is 120 Å². The molecule has 0 aromatic heterocycles. The second-order valence-electron chi connectivity index (χ2n) is 12.8. The molecule has 272 valence electrons. The van der Waals surface area contributed by atoms with Crippen LogP contribution in [-0.2, 0) is 47.9 Å². The molecule has 0 saturated carbocycles. The van der Waals surface area contributed by atoms with E-state index in [1.807, 2.05) is 6.07 Å². The SMILES string of the molecule is CCCCOC[C@H]1O[C@@H](c2cc(Cc3ccc(CC)cc3)c(Cl)cc2COCCF)[C@H](OCCCC)[C@@H](OCCCC)[C@@H]1OCCCC. The van der Waals surface area contributed by atoms with Crippen molar-refractivity contribution >= 4 is 11.6 Å². The minimum atomic E-state index is -0.557. The summed E-state index contributed by atoms with van der Waals surface area (Å²) < 4.78 is 52.3. The van der Waals surface area contributed by atoms with E-state index in [0.29, 0.717) is 44.5 Å². The first kappa shape index (κ1) is 40.8. The summed E-state index contributed by atoms with van der Waals surface area (Å²) in [7, 11) is 0. The van der Waals surface area contributed by atoms with Crippen molar-refractivity contribution in [2.45, 2.75) is 136 Å². The minimum Gasteiger partial charge on any atom is -0.379 e. The predicted molar refractivity (Wildman–Crippen MR) is 193 cm³/mol. The van der Waals surface area contributed by atoms with E-state index >= 15 is 0 Å². The van der Waals surface area contributed by atoms with Gasteiger partial charge < -0.3 is 28.4 Å². The Balaban J connectivity index is 2.12. The molecule has 0 N–H and O–H groups in total. The molecule has 1 aliphatic rings. The number of hydrogen-bond donors (Lipinski definition) is 0. The maximum Gasteiger partial charge on any atom is 0.117 e. The second-order valence-corrected chi connectivity index (χ2v) is 13.2. The minimum absolute atomic E-state index is 0.00846. The molecule has 2 aromatic rings. The summed E-state index contributed by atoms with van der Waals surface area (Å²) in [5.41, 5.74) is 5.24. The average molecular weight is 693 g/mol. The van der Waals surface area contributed by atoms with Gasteiger partial charge in [-0.05, 0) is 72.4 Å². The van der Waals surface area contributed by atoms with E-state index in [9.17, 15) is 4.39 Å². The number of hydrogen-bond acceptors (Lipinski definition) is 6. The second kappa shape index (κ2) is 23.8. The third-order valence-electron chi connectivity index (χ3n) is 8.90. The Bertz CT molecular complexity index is 1130. The molecule has 0 amide bonds. The first-order valence-corrected chi connectivity index (χ1v) is 19.0. The normalized spacial score (nSPS) is 21.2. The van der Waals surface area contributed by atoms with E-state index in [0.717, 1.165) is 74.5 Å². The molecule has 1 fully saturated rings. The molecule has 1 saturated heterocycles. The summed E-state index contributed by atoms with van der Waals surface area (Å²) in [6.07, 6.45) is 7.52. The van der Waals surface area contributed by atoms with Crippen LogP contribution in [0.2, 0.25) is 5.02 Å². The molecule has 2 aromatic carbocycles. The van der Waals surface area contributed by atoms with Crippen molar-refractivity contribution in [3.8, 4) is 0 Å². The summed E-state index contributed by atoms with van der Waals surface area (Å²) in [5, 5.41) is 0.646. The van der Waals surface area contributed by atoms with Gasteiger partial charge in [0.1, 0.15) is 37.2 Å². The van der Waals surface area contributed by atoms with Gasteiger partial charge in [-0.3, -0.25) is 0 Å². The average Bonchev–Trinajstić information content (AvgIpc) is 3.09. The smallest absolute Gasteiger partial charge is 0.117 e. The summed E-state index contributed by atoms with van der Waals surface area (Å²) >= 11 is 6.97. The number of aryl methyl sites for hydroxylation is 1. The lowest BCUT2D eigenvalue weighted by Gasteiger charge is -2.47. The number of halogens is 2. The zero-order chi connectivity index (χ0) is 34.6. The first-order chi connectivity index (χ1) is 23.5. The number of ether oxygens (including phenoxy) is 6. The Morgan fingerprint density at radius 1 is 0.667 bits per heavy atom. The van der Waals surface area contributed by atoms with Crippen LogP contribution in [0.15, 0.2) is 36.4 Å². The van der Waals surface area contributed by atoms with Crippen molar-refractivity contribution in [1.82, 2.24) is 0 Å². The van der Waals surface area contributed by atoms with Gasteiger partial charge in [-0.15, -0.1) is 0 Å². The van der Waals surface area contributed by atoms with Crippen LogP contribution < -0.4 is 0 Å². The maximum atomic E-state index is 13.2. The van der Waals surface area contributed by atoms with Gasteiger partial charge in [-0.2, -0.15) is 0 Å². The molecular formula is C40H62ClFO6. The van der Waals surface area contributed by atoms with Gasteiger partial charge in [0.25, 0.3) is 0 Å². The predicted octanol–water partition coefficient (Wildman–Crippen LogP) is 9.79. The highest BCUT2D eigenvalue weighted by atomic mass is 35.5. The lowest BCUT2D eigenvalue weighted by Crippen LogP contribution is -2.58. The Morgan fingerprint density at radius 2 is 1.25 bits per heavy atom. The van der Waals surface area contributed by atoms with Gasteiger partial charge in [0, 0.05) is 31.5 Å². The molecular weight excluding hydrogens is 631 g/mol. The largest absolute Gasteiger partial charge is 0.379 e. The van der Waals surface area contributed by atoms with E-state index in [-0.39, 0.29) is 31.5 Å². The van der Waals surface area contributed by atoms with Crippen LogP contribution in [0, 0.1) is 0 Å². The van der Waals surface area contributed by atoms with Crippen LogP contribution in [0.4, 0.5) is 4.39 Å². The highest BCUT2D eigenvalue weighted by Gasteiger charge is 2.49. The fraction of sp³-hybridized carbons (Fsp3) is 0.700. The quantitative estimate of drug-likeness (QED) is 0.0966. The van der Waals surface area contributed by atoms with Gasteiger partial charge in [0.05, 0.1) is 19.8 Å². The zero-order valence-electron chi connectivity index (χ0n) is 30.3. The highest BCUT2D eigenvalue weighted by molar-refractivity contribution is 6.31. The van der Waals surface area contributed by atoms with E-state index < -0.39 is 18.9 Å². The lowest BCUT2D eigenvalue weighted by molar-refractivity contribution is -0.268. The number of unbranched alkanes of at least 4 members (excludes halogenated alkanes) is 4. The van der Waals surface area contributed by atoms with Gasteiger partial charge in [-0.25, -0.2) is 4.39 Å². The summed E-state index contributed by atoms with van der Waals surface area (Å²) in [6, 6.07) is 12.8. The Kier molecular flexibility index (Phi) is 20.2. The van der Waals surface area contributed by atoms with Crippen molar-refractivity contribution in [3.05, 3.63) is 69.2 Å². The Labute approximate surface area is 295 Å². The van der Waals surface area contributed by atoms with Crippen LogP contribution >= 0.6 is 11.6 Å². The molecule has 5 atom stereocenters. The molecule has 0 bridgehead atoms. The monoisotopic (exact) mass is 692 g/mol. The third kappa shape index (κ3) is 12.9. The van der Waals surface area contributed by atoms with Gasteiger partial charge >= 0.3 is 0 Å². The highest BCUT2D eigenvalue weighted by Crippen LogP contribution is 2.41. The maximum absolute atomic E-state index is 13.2. The molecule has 0 radical (unpaired) electrons. The molecule has 1 aliphatic heterocycles. The van der Waals surface area contributed by atoms with Crippen LogP contribution in [-0.4, -0.2) is 70.7 Å². The van der Waals surface area contributed by atoms with Crippen LogP contribution in [0.25, 0.3) is 0 Å². The fourth-order valence-corrected chi connectivity index (χ4v) is 6.22. The third-order valence-corrected chi connectivity index (χ3v) is 9.25. The Hall–Kier alpha value is -1.58. The van der Waals surface area contributed by atoms with E-state index in [1.165, 1.54) is 11.1 Å². The number of benzene rings is 2. The number of rotatable bonds is 25. The van der Waals surface area contributed by atoms with Gasteiger partial charge in [-0.1, -0.05) is 102 Å². The Morgan fingerprint density at radius 3 is 1.85 bits per heavy atom. The number of alkyl halides is 1. The molecule has 0 aliphatic carbocycles. The summed E-state index contributed by atoms with van der Waals surface area (Å²) in [4.78, 5) is 0. The molecule has 3 rings (SSSR count). The first-order valence-electron chi connectivity index (χ1n) is 18.6. The lowest BCUT2D eigenvalue weighted by atomic mass is 9.87. The topological polar surface area (TPSA) is 55.4 Å². The fourth-order valence-electron chi connectivity index (χ4n) is 5.96. The van der Waals surface area contributed by atoms with Crippen LogP contribution in [0.5, 0.6) is 0 Å². The van der Waals surface area contributed by atoms with E-state index in [1.54, 1.807) is 0 Å². The van der Waals surface area contributed by atoms with Gasteiger partial charge in [0.2, 0.25) is 0 Å². The van der Waals surface area contributed by atoms with E-state index in [4.69, 9.17) is 40.0 Å². The van der Waals surface area contributed by atoms with E-state index in [2.05, 4.69) is 65.0 Å². The zero-order valence-corrected chi connectivity index (χ0v) is 31.0. The van der Waals surface area contributed by atoms with Crippen LogP contribution in [0.3, 0.4) is 0 Å². The molecule has 0 spiro atoms. The summed E-state index contributed by atoms with van der Waals surface area (Å²) in [5.74, 6) is 0. The standard InChI is InChI=1S/C40H62ClFO6/c1-6-11-20-43-29-36-38(45-21-12-7-2)40(47-23-14-9-4)39(46-22-13-8-3)37(48-36)34-26-32(25-31-17-15-30(10-5)16-18-31)35(41)27-33(34)28-44-24-19-42/h15-18,26-27,36-40H,6-14,19-25,28-29H2,1-5H3/t36-,37+,38-,39+,40+/m1/s1. The van der Waals surface area contributed by atoms with Crippen molar-refractivity contribution in [1.29, 1.82) is 0 Å². The van der Waals surface area contributed by atoms with Gasteiger partial charge in [0.15, 0.2) is 0 Å². The van der Waals surface area contributed by atoms with Crippen molar-refractivity contribution < 1.29 is 32.8 Å². The molecule has 1 heterocycles. The molecule has 0 unspecified atom stereocenters. The van der Waals surface area contributed by atoms with Crippen molar-refractivity contribution in [2.24, 2.45) is 0 Å². The van der Waals surface area contributed by atoms with Crippen molar-refractivity contribution in [2.75, 3.05) is 46.3 Å². The summed E-state index contributed by atoms with van der Waals surface area (Å²) in [6.45, 7) is 13.3.